The molecule has 2 rings (SSSR count). The third kappa shape index (κ3) is 4.62. The summed E-state index contributed by atoms with van der Waals surface area (Å²) in [5, 5.41) is 2.97. The second-order valence-corrected chi connectivity index (χ2v) is 5.94. The van der Waals surface area contributed by atoms with Crippen LogP contribution < -0.4 is 5.32 Å². The maximum Gasteiger partial charge on any atom is 0.220 e. The molecule has 1 amide bonds. The van der Waals surface area contributed by atoms with Gasteiger partial charge in [-0.1, -0.05) is 28.1 Å². The van der Waals surface area contributed by atoms with E-state index in [1.807, 2.05) is 31.2 Å². The summed E-state index contributed by atoms with van der Waals surface area (Å²) in [5.74, 6) is 0.638. The van der Waals surface area contributed by atoms with Crippen LogP contribution in [0.3, 0.4) is 0 Å². The number of hydrogen-bond donors (Lipinski definition) is 1. The Kier molecular flexibility index (Phi) is 5.40. The Hall–Kier alpha value is -0.870. The zero-order chi connectivity index (χ0) is 13.7. The molecule has 0 radical (unpaired) electrons. The van der Waals surface area contributed by atoms with E-state index in [9.17, 15) is 4.79 Å². The molecule has 3 nitrogen and oxygen atoms in total. The van der Waals surface area contributed by atoms with Crippen LogP contribution in [0.2, 0.25) is 0 Å². The number of hydrogen-bond acceptors (Lipinski definition) is 2. The van der Waals surface area contributed by atoms with Gasteiger partial charge in [0, 0.05) is 24.0 Å². The highest BCUT2D eigenvalue weighted by molar-refractivity contribution is 9.10. The van der Waals surface area contributed by atoms with Crippen LogP contribution in [-0.2, 0) is 16.1 Å². The van der Waals surface area contributed by atoms with Gasteiger partial charge in [-0.3, -0.25) is 4.79 Å². The molecule has 0 bridgehead atoms. The van der Waals surface area contributed by atoms with Gasteiger partial charge in [-0.05, 0) is 43.4 Å². The van der Waals surface area contributed by atoms with Crippen molar-refractivity contribution in [1.29, 1.82) is 0 Å². The summed E-state index contributed by atoms with van der Waals surface area (Å²) in [6, 6.07) is 7.99. The zero-order valence-electron chi connectivity index (χ0n) is 11.2. The van der Waals surface area contributed by atoms with E-state index in [2.05, 4.69) is 21.2 Å². The van der Waals surface area contributed by atoms with Crippen molar-refractivity contribution in [2.75, 3.05) is 6.61 Å². The first-order valence-corrected chi connectivity index (χ1v) is 7.59. The predicted octanol–water partition coefficient (Wildman–Crippen LogP) is 3.27. The number of nitrogens with one attached hydrogen (secondary N) is 1. The molecule has 0 atom stereocenters. The SMILES string of the molecule is CCOC1CC(CC(=O)NCc2cccc(Br)c2)C1. The van der Waals surface area contributed by atoms with Crippen molar-refractivity contribution < 1.29 is 9.53 Å². The van der Waals surface area contributed by atoms with Gasteiger partial charge in [0.25, 0.3) is 0 Å². The first-order valence-electron chi connectivity index (χ1n) is 6.80. The molecule has 1 aromatic carbocycles. The number of benzene rings is 1. The summed E-state index contributed by atoms with van der Waals surface area (Å²) < 4.78 is 6.53. The fraction of sp³-hybridized carbons (Fsp3) is 0.533. The van der Waals surface area contributed by atoms with Gasteiger partial charge in [-0.15, -0.1) is 0 Å². The molecule has 0 heterocycles. The Labute approximate surface area is 122 Å². The lowest BCUT2D eigenvalue weighted by molar-refractivity contribution is -0.124. The van der Waals surface area contributed by atoms with Gasteiger partial charge in [0.2, 0.25) is 5.91 Å². The summed E-state index contributed by atoms with van der Waals surface area (Å²) in [4.78, 5) is 11.8. The summed E-state index contributed by atoms with van der Waals surface area (Å²) in [7, 11) is 0. The largest absolute Gasteiger partial charge is 0.378 e. The monoisotopic (exact) mass is 325 g/mol. The van der Waals surface area contributed by atoms with E-state index in [4.69, 9.17) is 4.74 Å². The lowest BCUT2D eigenvalue weighted by atomic mass is 9.80. The van der Waals surface area contributed by atoms with Crippen molar-refractivity contribution in [3.8, 4) is 0 Å². The number of halogens is 1. The second-order valence-electron chi connectivity index (χ2n) is 5.03. The molecule has 0 aromatic heterocycles. The first-order chi connectivity index (χ1) is 9.17. The molecule has 1 N–H and O–H groups in total. The number of ether oxygens (including phenoxy) is 1. The van der Waals surface area contributed by atoms with Gasteiger partial charge < -0.3 is 10.1 Å². The maximum absolute atomic E-state index is 11.8. The van der Waals surface area contributed by atoms with E-state index < -0.39 is 0 Å². The van der Waals surface area contributed by atoms with Crippen LogP contribution in [-0.4, -0.2) is 18.6 Å². The van der Waals surface area contributed by atoms with Crippen molar-refractivity contribution in [1.82, 2.24) is 5.32 Å². The highest BCUT2D eigenvalue weighted by Gasteiger charge is 2.30. The van der Waals surface area contributed by atoms with E-state index in [0.29, 0.717) is 25.0 Å². The summed E-state index contributed by atoms with van der Waals surface area (Å²) in [5.41, 5.74) is 1.11. The van der Waals surface area contributed by atoms with Crippen molar-refractivity contribution in [3.05, 3.63) is 34.3 Å². The normalized spacial score (nSPS) is 21.8. The summed E-state index contributed by atoms with van der Waals surface area (Å²) >= 11 is 3.42. The first kappa shape index (κ1) is 14.5. The van der Waals surface area contributed by atoms with Crippen LogP contribution in [0.1, 0.15) is 31.7 Å². The molecular weight excluding hydrogens is 306 g/mol. The maximum atomic E-state index is 11.8. The molecule has 1 fully saturated rings. The minimum Gasteiger partial charge on any atom is -0.378 e. The zero-order valence-corrected chi connectivity index (χ0v) is 12.8. The lowest BCUT2D eigenvalue weighted by Gasteiger charge is -2.34. The van der Waals surface area contributed by atoms with E-state index in [1.165, 1.54) is 0 Å². The molecule has 1 aliphatic rings. The van der Waals surface area contributed by atoms with Gasteiger partial charge >= 0.3 is 0 Å². The van der Waals surface area contributed by atoms with E-state index in [1.54, 1.807) is 0 Å². The number of carbonyl (C=O) groups excluding carboxylic acids is 1. The molecule has 0 spiro atoms. The molecule has 104 valence electrons. The Balaban J connectivity index is 1.66. The highest BCUT2D eigenvalue weighted by Crippen LogP contribution is 2.32. The standard InChI is InChI=1S/C15H20BrNO2/c1-2-19-14-7-12(8-14)9-15(18)17-10-11-4-3-5-13(16)6-11/h3-6,12,14H,2,7-10H2,1H3,(H,17,18). The second kappa shape index (κ2) is 7.06. The molecule has 0 saturated heterocycles. The quantitative estimate of drug-likeness (QED) is 0.871. The Morgan fingerprint density at radius 1 is 1.47 bits per heavy atom. The van der Waals surface area contributed by atoms with Crippen molar-refractivity contribution in [3.63, 3.8) is 0 Å². The summed E-state index contributed by atoms with van der Waals surface area (Å²) in [6.07, 6.45) is 3.06. The minimum absolute atomic E-state index is 0.139. The number of amides is 1. The number of rotatable bonds is 6. The molecule has 19 heavy (non-hydrogen) atoms. The van der Waals surface area contributed by atoms with Crippen molar-refractivity contribution >= 4 is 21.8 Å². The molecule has 1 saturated carbocycles. The highest BCUT2D eigenvalue weighted by atomic mass is 79.9. The van der Waals surface area contributed by atoms with Gasteiger partial charge in [0.1, 0.15) is 0 Å². The molecule has 0 unspecified atom stereocenters. The Bertz CT molecular complexity index is 430. The Morgan fingerprint density at radius 3 is 2.95 bits per heavy atom. The number of carbonyl (C=O) groups is 1. The third-order valence-electron chi connectivity index (χ3n) is 3.45. The molecule has 1 aliphatic carbocycles. The average molecular weight is 326 g/mol. The fourth-order valence-corrected chi connectivity index (χ4v) is 2.84. The van der Waals surface area contributed by atoms with E-state index in [-0.39, 0.29) is 5.91 Å². The van der Waals surface area contributed by atoms with E-state index >= 15 is 0 Å². The van der Waals surface area contributed by atoms with Crippen molar-refractivity contribution in [2.45, 2.75) is 38.8 Å². The molecule has 1 aromatic rings. The van der Waals surface area contributed by atoms with Crippen LogP contribution >= 0.6 is 15.9 Å². The van der Waals surface area contributed by atoms with Crippen LogP contribution in [0.25, 0.3) is 0 Å². The topological polar surface area (TPSA) is 38.3 Å². The van der Waals surface area contributed by atoms with E-state index in [0.717, 1.165) is 29.5 Å². The van der Waals surface area contributed by atoms with Crippen LogP contribution in [0.15, 0.2) is 28.7 Å². The molecule has 4 heteroatoms. The van der Waals surface area contributed by atoms with Crippen LogP contribution in [0, 0.1) is 5.92 Å². The average Bonchev–Trinajstić information content (AvgIpc) is 2.34. The minimum atomic E-state index is 0.139. The van der Waals surface area contributed by atoms with Gasteiger partial charge in [-0.25, -0.2) is 0 Å². The Morgan fingerprint density at radius 2 is 2.26 bits per heavy atom. The van der Waals surface area contributed by atoms with Crippen molar-refractivity contribution in [2.24, 2.45) is 5.92 Å². The lowest BCUT2D eigenvalue weighted by Crippen LogP contribution is -2.35. The van der Waals surface area contributed by atoms with Crippen LogP contribution in [0.5, 0.6) is 0 Å². The smallest absolute Gasteiger partial charge is 0.220 e. The van der Waals surface area contributed by atoms with Crippen LogP contribution in [0.4, 0.5) is 0 Å². The van der Waals surface area contributed by atoms with Gasteiger partial charge in [0.05, 0.1) is 6.10 Å². The van der Waals surface area contributed by atoms with Gasteiger partial charge in [-0.2, -0.15) is 0 Å². The third-order valence-corrected chi connectivity index (χ3v) is 3.94. The molecular formula is C15H20BrNO2. The predicted molar refractivity (Wildman–Crippen MR) is 78.7 cm³/mol. The fourth-order valence-electron chi connectivity index (χ4n) is 2.39. The summed E-state index contributed by atoms with van der Waals surface area (Å²) in [6.45, 7) is 3.38. The van der Waals surface area contributed by atoms with Gasteiger partial charge in [0.15, 0.2) is 0 Å². The molecule has 0 aliphatic heterocycles.